The molecule has 0 aromatic carbocycles. The molecule has 4 bridgehead atoms. The number of carbonyl (C=O) groups excluding carboxylic acids is 1. The van der Waals surface area contributed by atoms with Crippen molar-refractivity contribution in [3.63, 3.8) is 0 Å². The minimum atomic E-state index is 0. The van der Waals surface area contributed by atoms with Gasteiger partial charge in [-0.3, -0.25) is 4.79 Å². The topological polar surface area (TPSA) is 55.1 Å². The highest BCUT2D eigenvalue weighted by molar-refractivity contribution is 5.85. The van der Waals surface area contributed by atoms with E-state index >= 15 is 0 Å². The highest BCUT2D eigenvalue weighted by atomic mass is 35.5. The van der Waals surface area contributed by atoms with Crippen molar-refractivity contribution in [2.75, 3.05) is 13.1 Å². The highest BCUT2D eigenvalue weighted by Gasteiger charge is 2.50. The van der Waals surface area contributed by atoms with Gasteiger partial charge in [-0.15, -0.1) is 12.4 Å². The van der Waals surface area contributed by atoms with Gasteiger partial charge in [-0.2, -0.15) is 0 Å². The van der Waals surface area contributed by atoms with Gasteiger partial charge in [-0.05, 0) is 61.7 Å². The summed E-state index contributed by atoms with van der Waals surface area (Å²) < 4.78 is 0. The van der Waals surface area contributed by atoms with Crippen molar-refractivity contribution >= 4 is 18.3 Å². The lowest BCUT2D eigenvalue weighted by Crippen LogP contribution is -2.51. The van der Waals surface area contributed by atoms with E-state index in [-0.39, 0.29) is 18.3 Å². The minimum absolute atomic E-state index is 0. The monoisotopic (exact) mass is 272 g/mol. The van der Waals surface area contributed by atoms with Crippen molar-refractivity contribution in [3.05, 3.63) is 0 Å². The third-order valence-electron chi connectivity index (χ3n) is 5.20. The van der Waals surface area contributed by atoms with Crippen LogP contribution in [0, 0.1) is 23.2 Å². The molecular formula is C14H25ClN2O. The van der Waals surface area contributed by atoms with Crippen molar-refractivity contribution in [1.29, 1.82) is 0 Å². The number of amides is 1. The van der Waals surface area contributed by atoms with Crippen molar-refractivity contribution in [2.45, 2.75) is 44.9 Å². The van der Waals surface area contributed by atoms with Gasteiger partial charge in [0.05, 0.1) is 0 Å². The Hall–Kier alpha value is -0.280. The van der Waals surface area contributed by atoms with Crippen LogP contribution in [0.4, 0.5) is 0 Å². The molecule has 0 atom stereocenters. The lowest BCUT2D eigenvalue weighted by Gasteiger charge is -2.56. The first-order valence-electron chi connectivity index (χ1n) is 7.16. The van der Waals surface area contributed by atoms with Crippen LogP contribution >= 0.6 is 12.4 Å². The number of nitrogens with one attached hydrogen (secondary N) is 1. The van der Waals surface area contributed by atoms with Crippen molar-refractivity contribution < 1.29 is 4.79 Å². The second-order valence-corrected chi connectivity index (χ2v) is 6.73. The Balaban J connectivity index is 0.00000120. The predicted octanol–water partition coefficient (Wildman–Crippen LogP) is 2.09. The summed E-state index contributed by atoms with van der Waals surface area (Å²) in [5, 5.41) is 3.12. The summed E-state index contributed by atoms with van der Waals surface area (Å²) in [5.74, 6) is 3.04. The van der Waals surface area contributed by atoms with E-state index in [4.69, 9.17) is 5.73 Å². The van der Waals surface area contributed by atoms with Gasteiger partial charge in [0.2, 0.25) is 5.91 Å². The van der Waals surface area contributed by atoms with Gasteiger partial charge in [0, 0.05) is 19.5 Å². The van der Waals surface area contributed by atoms with Gasteiger partial charge in [0.25, 0.3) is 0 Å². The maximum atomic E-state index is 11.5. The first-order valence-corrected chi connectivity index (χ1v) is 7.16. The van der Waals surface area contributed by atoms with Gasteiger partial charge in [-0.25, -0.2) is 0 Å². The van der Waals surface area contributed by atoms with E-state index in [1.165, 1.54) is 38.5 Å². The Bertz CT molecular complexity index is 284. The molecule has 0 aromatic heterocycles. The summed E-state index contributed by atoms with van der Waals surface area (Å²) in [6.45, 7) is 1.38. The number of hydrogen-bond donors (Lipinski definition) is 2. The number of carbonyl (C=O) groups is 1. The van der Waals surface area contributed by atoms with Crippen LogP contribution in [0.5, 0.6) is 0 Å². The third-order valence-corrected chi connectivity index (χ3v) is 5.20. The first-order chi connectivity index (χ1) is 8.19. The second kappa shape index (κ2) is 5.38. The average molecular weight is 273 g/mol. The van der Waals surface area contributed by atoms with Crippen LogP contribution in [0.2, 0.25) is 0 Å². The van der Waals surface area contributed by atoms with Gasteiger partial charge < -0.3 is 11.1 Å². The van der Waals surface area contributed by atoms with Gasteiger partial charge in [-0.1, -0.05) is 0 Å². The lowest BCUT2D eigenvalue weighted by atomic mass is 9.49. The van der Waals surface area contributed by atoms with E-state index in [0.717, 1.165) is 24.3 Å². The van der Waals surface area contributed by atoms with Gasteiger partial charge >= 0.3 is 0 Å². The first kappa shape index (κ1) is 14.1. The van der Waals surface area contributed by atoms with E-state index in [9.17, 15) is 4.79 Å². The molecule has 4 aliphatic rings. The van der Waals surface area contributed by atoms with Crippen LogP contribution in [-0.2, 0) is 4.79 Å². The molecule has 0 aliphatic heterocycles. The van der Waals surface area contributed by atoms with E-state index in [1.807, 2.05) is 0 Å². The fourth-order valence-corrected chi connectivity index (χ4v) is 5.01. The Morgan fingerprint density at radius 1 is 1.11 bits per heavy atom. The van der Waals surface area contributed by atoms with Gasteiger partial charge in [0.15, 0.2) is 0 Å². The zero-order chi connectivity index (χ0) is 11.9. The molecule has 3 N–H and O–H groups in total. The van der Waals surface area contributed by atoms with Crippen LogP contribution in [0.15, 0.2) is 0 Å². The fraction of sp³-hybridized carbons (Fsp3) is 0.929. The van der Waals surface area contributed by atoms with Crippen molar-refractivity contribution in [2.24, 2.45) is 28.9 Å². The minimum Gasteiger partial charge on any atom is -0.356 e. The molecule has 0 radical (unpaired) electrons. The molecule has 0 heterocycles. The van der Waals surface area contributed by atoms with Gasteiger partial charge in [0.1, 0.15) is 0 Å². The molecule has 0 unspecified atom stereocenters. The van der Waals surface area contributed by atoms with E-state index in [0.29, 0.717) is 18.4 Å². The molecule has 4 aliphatic carbocycles. The quantitative estimate of drug-likeness (QED) is 0.823. The summed E-state index contributed by atoms with van der Waals surface area (Å²) in [6, 6.07) is 0. The molecule has 104 valence electrons. The average Bonchev–Trinajstić information content (AvgIpc) is 2.25. The van der Waals surface area contributed by atoms with Crippen LogP contribution in [0.1, 0.15) is 44.9 Å². The number of rotatable bonds is 4. The molecule has 4 rings (SSSR count). The Morgan fingerprint density at radius 3 is 2.06 bits per heavy atom. The van der Waals surface area contributed by atoms with E-state index in [2.05, 4.69) is 5.32 Å². The zero-order valence-electron chi connectivity index (χ0n) is 11.0. The lowest BCUT2D eigenvalue weighted by molar-refractivity contribution is -0.123. The summed E-state index contributed by atoms with van der Waals surface area (Å²) in [7, 11) is 0. The number of halogens is 1. The zero-order valence-corrected chi connectivity index (χ0v) is 11.8. The molecule has 4 saturated carbocycles. The highest BCUT2D eigenvalue weighted by Crippen LogP contribution is 2.59. The SMILES string of the molecule is Cl.NCCC(=O)NCC12CC3CC(CC(C3)C1)C2. The summed E-state index contributed by atoms with van der Waals surface area (Å²) in [4.78, 5) is 11.5. The maximum absolute atomic E-state index is 11.5. The maximum Gasteiger partial charge on any atom is 0.221 e. The molecule has 3 nitrogen and oxygen atoms in total. The summed E-state index contributed by atoms with van der Waals surface area (Å²) >= 11 is 0. The molecule has 4 heteroatoms. The van der Waals surface area contributed by atoms with Crippen LogP contribution in [0.25, 0.3) is 0 Å². The van der Waals surface area contributed by atoms with E-state index in [1.54, 1.807) is 0 Å². The molecule has 0 aromatic rings. The molecule has 18 heavy (non-hydrogen) atoms. The van der Waals surface area contributed by atoms with E-state index < -0.39 is 0 Å². The summed E-state index contributed by atoms with van der Waals surface area (Å²) in [6.07, 6.45) is 8.97. The third kappa shape index (κ3) is 2.67. The number of hydrogen-bond acceptors (Lipinski definition) is 2. The van der Waals surface area contributed by atoms with Crippen LogP contribution in [0.3, 0.4) is 0 Å². The molecule has 0 saturated heterocycles. The van der Waals surface area contributed by atoms with Crippen molar-refractivity contribution in [1.82, 2.24) is 5.32 Å². The molecule has 0 spiro atoms. The Morgan fingerprint density at radius 2 is 1.61 bits per heavy atom. The predicted molar refractivity (Wildman–Crippen MR) is 74.5 cm³/mol. The Kier molecular flexibility index (Phi) is 4.22. The largest absolute Gasteiger partial charge is 0.356 e. The van der Waals surface area contributed by atoms with Crippen LogP contribution in [-0.4, -0.2) is 19.0 Å². The summed E-state index contributed by atoms with van der Waals surface area (Å²) in [5.41, 5.74) is 5.86. The smallest absolute Gasteiger partial charge is 0.221 e. The normalized spacial score (nSPS) is 40.4. The van der Waals surface area contributed by atoms with Crippen molar-refractivity contribution in [3.8, 4) is 0 Å². The molecular weight excluding hydrogens is 248 g/mol. The standard InChI is InChI=1S/C14H24N2O.ClH/c15-2-1-13(17)16-9-14-6-10-3-11(7-14)5-12(4-10)8-14;/h10-12H,1-9,15H2,(H,16,17);1H. The second-order valence-electron chi connectivity index (χ2n) is 6.73. The molecule has 4 fully saturated rings. The Labute approximate surface area is 116 Å². The fourth-order valence-electron chi connectivity index (χ4n) is 5.01. The number of nitrogens with two attached hydrogens (primary N) is 1. The van der Waals surface area contributed by atoms with Crippen LogP contribution < -0.4 is 11.1 Å². The molecule has 1 amide bonds.